The fraction of sp³-hybridized carbons (Fsp3) is 0.300. The van der Waals surface area contributed by atoms with Crippen LogP contribution in [0.2, 0.25) is 5.02 Å². The van der Waals surface area contributed by atoms with Crippen molar-refractivity contribution < 1.29 is 23.1 Å². The average Bonchev–Trinajstić information content (AvgIpc) is 2.18. The fourth-order valence-electron chi connectivity index (χ4n) is 1.28. The third-order valence-electron chi connectivity index (χ3n) is 2.03. The molecule has 1 aromatic carbocycles. The molecule has 0 fully saturated rings. The van der Waals surface area contributed by atoms with Crippen LogP contribution in [0.15, 0.2) is 22.7 Å². The van der Waals surface area contributed by atoms with Gasteiger partial charge in [0, 0.05) is 9.50 Å². The lowest BCUT2D eigenvalue weighted by atomic mass is 10.1. The van der Waals surface area contributed by atoms with Crippen molar-refractivity contribution in [3.8, 4) is 0 Å². The summed E-state index contributed by atoms with van der Waals surface area (Å²) in [5.74, 6) is -1.43. The zero-order valence-electron chi connectivity index (χ0n) is 8.76. The molecule has 1 atom stereocenters. The predicted octanol–water partition coefficient (Wildman–Crippen LogP) is 3.38. The molecule has 100 valence electrons. The summed E-state index contributed by atoms with van der Waals surface area (Å²) < 4.78 is 36.8. The summed E-state index contributed by atoms with van der Waals surface area (Å²) in [7, 11) is 0. The van der Waals surface area contributed by atoms with E-state index in [1.54, 1.807) is 0 Å². The maximum atomic E-state index is 12.1. The summed E-state index contributed by atoms with van der Waals surface area (Å²) in [6.45, 7) is -1.41. The molecule has 2 N–H and O–H groups in total. The number of alkyl halides is 3. The van der Waals surface area contributed by atoms with Crippen LogP contribution >= 0.6 is 27.5 Å². The lowest BCUT2D eigenvalue weighted by molar-refractivity contribution is -0.143. The quantitative estimate of drug-likeness (QED) is 0.879. The Bertz CT molecular complexity index is 453. The van der Waals surface area contributed by atoms with E-state index >= 15 is 0 Å². The summed E-state index contributed by atoms with van der Waals surface area (Å²) >= 11 is 8.92. The Kier molecular flexibility index (Phi) is 5.01. The normalized spacial score (nSPS) is 13.4. The van der Waals surface area contributed by atoms with Crippen LogP contribution in [-0.4, -0.2) is 23.8 Å². The summed E-state index contributed by atoms with van der Waals surface area (Å²) in [5, 5.41) is 10.9. The Morgan fingerprint density at radius 2 is 2.11 bits per heavy atom. The average molecular weight is 347 g/mol. The smallest absolute Gasteiger partial charge is 0.401 e. The number of carboxylic acids is 1. The zero-order chi connectivity index (χ0) is 13.9. The fourth-order valence-corrected chi connectivity index (χ4v) is 2.07. The molecule has 0 heterocycles. The van der Waals surface area contributed by atoms with Crippen molar-refractivity contribution in [2.24, 2.45) is 0 Å². The molecule has 0 amide bonds. The molecule has 1 unspecified atom stereocenters. The molecule has 0 radical (unpaired) electrons. The Morgan fingerprint density at radius 3 is 2.56 bits per heavy atom. The van der Waals surface area contributed by atoms with Gasteiger partial charge in [0.25, 0.3) is 0 Å². The Morgan fingerprint density at radius 1 is 1.50 bits per heavy atom. The van der Waals surface area contributed by atoms with E-state index in [-0.39, 0.29) is 10.6 Å². The Balaban J connectivity index is 2.95. The van der Waals surface area contributed by atoms with E-state index in [0.29, 0.717) is 4.47 Å². The van der Waals surface area contributed by atoms with Crippen LogP contribution in [0.25, 0.3) is 0 Å². The van der Waals surface area contributed by atoms with Gasteiger partial charge in [0.2, 0.25) is 0 Å². The molecular weight excluding hydrogens is 338 g/mol. The highest BCUT2D eigenvalue weighted by Gasteiger charge is 2.31. The number of hydrogen-bond donors (Lipinski definition) is 2. The second kappa shape index (κ2) is 5.90. The van der Waals surface area contributed by atoms with Crippen molar-refractivity contribution in [2.75, 3.05) is 6.54 Å². The Labute approximate surface area is 114 Å². The van der Waals surface area contributed by atoms with E-state index < -0.39 is 24.7 Å². The van der Waals surface area contributed by atoms with E-state index in [4.69, 9.17) is 16.7 Å². The molecule has 0 aliphatic rings. The number of nitrogens with one attached hydrogen (secondary N) is 1. The van der Waals surface area contributed by atoms with E-state index in [9.17, 15) is 18.0 Å². The number of aliphatic carboxylic acids is 1. The molecule has 0 aromatic heterocycles. The van der Waals surface area contributed by atoms with Crippen molar-refractivity contribution in [1.82, 2.24) is 5.32 Å². The first-order valence-corrected chi connectivity index (χ1v) is 5.85. The van der Waals surface area contributed by atoms with Crippen molar-refractivity contribution in [2.45, 2.75) is 12.2 Å². The minimum absolute atomic E-state index is 0.0754. The Hall–Kier alpha value is -0.790. The van der Waals surface area contributed by atoms with Gasteiger partial charge in [-0.25, -0.2) is 0 Å². The summed E-state index contributed by atoms with van der Waals surface area (Å²) in [4.78, 5) is 11.0. The summed E-state index contributed by atoms with van der Waals surface area (Å²) in [6, 6.07) is 2.77. The molecule has 3 nitrogen and oxygen atoms in total. The van der Waals surface area contributed by atoms with Gasteiger partial charge in [0.05, 0.1) is 6.54 Å². The third kappa shape index (κ3) is 4.47. The largest absolute Gasteiger partial charge is 0.480 e. The lowest BCUT2D eigenvalue weighted by Gasteiger charge is -2.17. The highest BCUT2D eigenvalue weighted by molar-refractivity contribution is 9.10. The van der Waals surface area contributed by atoms with E-state index in [1.165, 1.54) is 18.2 Å². The van der Waals surface area contributed by atoms with E-state index in [0.717, 1.165) is 0 Å². The molecule has 18 heavy (non-hydrogen) atoms. The molecular formula is C10H8BrClF3NO2. The van der Waals surface area contributed by atoms with Crippen LogP contribution in [-0.2, 0) is 4.79 Å². The molecule has 0 aliphatic heterocycles. The van der Waals surface area contributed by atoms with Gasteiger partial charge in [0.1, 0.15) is 6.04 Å². The van der Waals surface area contributed by atoms with Crippen LogP contribution in [0.4, 0.5) is 13.2 Å². The number of benzene rings is 1. The van der Waals surface area contributed by atoms with Crippen molar-refractivity contribution in [3.05, 3.63) is 33.3 Å². The van der Waals surface area contributed by atoms with E-state index in [2.05, 4.69) is 15.9 Å². The van der Waals surface area contributed by atoms with E-state index in [1.807, 2.05) is 5.32 Å². The monoisotopic (exact) mass is 345 g/mol. The molecule has 0 spiro atoms. The van der Waals surface area contributed by atoms with Crippen LogP contribution in [0.1, 0.15) is 11.6 Å². The predicted molar refractivity (Wildman–Crippen MR) is 63.6 cm³/mol. The molecule has 0 bridgehead atoms. The first kappa shape index (κ1) is 15.3. The molecule has 8 heteroatoms. The molecule has 0 aliphatic carbocycles. The molecule has 0 saturated carbocycles. The molecule has 1 rings (SSSR count). The van der Waals surface area contributed by atoms with Crippen LogP contribution in [0, 0.1) is 0 Å². The number of carboxylic acid groups (broad SMARTS) is 1. The maximum Gasteiger partial charge on any atom is 0.401 e. The zero-order valence-corrected chi connectivity index (χ0v) is 11.1. The number of carbonyl (C=O) groups is 1. The third-order valence-corrected chi connectivity index (χ3v) is 2.85. The standard InChI is InChI=1S/C10H8BrClF3NO2/c11-5-1-2-6(7(12)3-5)8(9(17)18)16-4-10(13,14)15/h1-3,8,16H,4H2,(H,17,18). The van der Waals surface area contributed by atoms with Gasteiger partial charge in [-0.15, -0.1) is 0 Å². The highest BCUT2D eigenvalue weighted by Crippen LogP contribution is 2.27. The van der Waals surface area contributed by atoms with Crippen molar-refractivity contribution in [1.29, 1.82) is 0 Å². The van der Waals surface area contributed by atoms with Crippen molar-refractivity contribution >= 4 is 33.5 Å². The second-order valence-corrected chi connectivity index (χ2v) is 4.76. The van der Waals surface area contributed by atoms with Gasteiger partial charge < -0.3 is 5.11 Å². The van der Waals surface area contributed by atoms with Gasteiger partial charge >= 0.3 is 12.1 Å². The topological polar surface area (TPSA) is 49.3 Å². The summed E-state index contributed by atoms with van der Waals surface area (Å²) in [6.07, 6.45) is -4.49. The number of halogens is 5. The van der Waals surface area contributed by atoms with Crippen LogP contribution in [0.3, 0.4) is 0 Å². The van der Waals surface area contributed by atoms with Gasteiger partial charge in [-0.2, -0.15) is 13.2 Å². The first-order valence-electron chi connectivity index (χ1n) is 4.68. The van der Waals surface area contributed by atoms with Crippen LogP contribution in [0.5, 0.6) is 0 Å². The van der Waals surface area contributed by atoms with Crippen LogP contribution < -0.4 is 5.32 Å². The number of rotatable bonds is 4. The first-order chi connectivity index (χ1) is 8.20. The lowest BCUT2D eigenvalue weighted by Crippen LogP contribution is -2.36. The minimum atomic E-state index is -4.49. The van der Waals surface area contributed by atoms with Gasteiger partial charge in [0.15, 0.2) is 0 Å². The second-order valence-electron chi connectivity index (χ2n) is 3.43. The molecule has 1 aromatic rings. The SMILES string of the molecule is O=C(O)C(NCC(F)(F)F)c1ccc(Br)cc1Cl. The van der Waals surface area contributed by atoms with Crippen molar-refractivity contribution in [3.63, 3.8) is 0 Å². The summed E-state index contributed by atoms with van der Waals surface area (Å²) in [5.41, 5.74) is 0.0802. The molecule has 0 saturated heterocycles. The van der Waals surface area contributed by atoms with Gasteiger partial charge in [-0.05, 0) is 17.7 Å². The maximum absolute atomic E-state index is 12.1. The van der Waals surface area contributed by atoms with Gasteiger partial charge in [-0.3, -0.25) is 10.1 Å². The minimum Gasteiger partial charge on any atom is -0.480 e. The van der Waals surface area contributed by atoms with Gasteiger partial charge in [-0.1, -0.05) is 33.6 Å². The number of hydrogen-bond acceptors (Lipinski definition) is 2. The highest BCUT2D eigenvalue weighted by atomic mass is 79.9.